The summed E-state index contributed by atoms with van der Waals surface area (Å²) in [5.74, 6) is -1.62. The molecule has 0 aliphatic heterocycles. The van der Waals surface area contributed by atoms with Gasteiger partial charge in [0.1, 0.15) is 5.82 Å². The van der Waals surface area contributed by atoms with E-state index in [-0.39, 0.29) is 11.6 Å². The Morgan fingerprint density at radius 2 is 2.06 bits per heavy atom. The zero-order chi connectivity index (χ0) is 12.3. The summed E-state index contributed by atoms with van der Waals surface area (Å²) < 4.78 is 12.9. The van der Waals surface area contributed by atoms with Crippen molar-refractivity contribution in [2.45, 2.75) is 13.5 Å². The fourth-order valence-corrected chi connectivity index (χ4v) is 1.46. The normalized spacial score (nSPS) is 10.0. The van der Waals surface area contributed by atoms with Gasteiger partial charge in [-0.2, -0.15) is 0 Å². The van der Waals surface area contributed by atoms with E-state index in [2.05, 4.69) is 0 Å². The third-order valence-electron chi connectivity index (χ3n) is 2.05. The van der Waals surface area contributed by atoms with Gasteiger partial charge in [-0.3, -0.25) is 9.59 Å². The van der Waals surface area contributed by atoms with E-state index >= 15 is 0 Å². The Bertz CT molecular complexity index is 434. The smallest absolute Gasteiger partial charge is 0.289 e. The van der Waals surface area contributed by atoms with Crippen molar-refractivity contribution in [3.05, 3.63) is 34.6 Å². The fraction of sp³-hybridized carbons (Fsp3) is 0.273. The summed E-state index contributed by atoms with van der Waals surface area (Å²) in [4.78, 5) is 23.3. The third-order valence-corrected chi connectivity index (χ3v) is 2.34. The molecule has 0 aromatic heterocycles. The number of likely N-dealkylation sites (N-methyl/N-ethyl adjacent to an activating group) is 1. The molecule has 0 bridgehead atoms. The predicted octanol–water partition coefficient (Wildman–Crippen LogP) is 2.03. The molecule has 0 unspecified atom stereocenters. The van der Waals surface area contributed by atoms with Gasteiger partial charge in [0, 0.05) is 20.5 Å². The fourth-order valence-electron chi connectivity index (χ4n) is 1.25. The summed E-state index contributed by atoms with van der Waals surface area (Å²) in [5.41, 5.74) is 0.670. The highest BCUT2D eigenvalue weighted by Gasteiger charge is 2.14. The lowest BCUT2D eigenvalue weighted by Crippen LogP contribution is -2.31. The highest BCUT2D eigenvalue weighted by molar-refractivity contribution is 6.35. The molecule has 16 heavy (non-hydrogen) atoms. The van der Waals surface area contributed by atoms with Gasteiger partial charge < -0.3 is 4.90 Å². The average Bonchev–Trinajstić information content (AvgIpc) is 2.22. The van der Waals surface area contributed by atoms with E-state index in [0.717, 1.165) is 0 Å². The van der Waals surface area contributed by atoms with Crippen LogP contribution in [-0.4, -0.2) is 23.6 Å². The van der Waals surface area contributed by atoms with Crippen molar-refractivity contribution >= 4 is 23.3 Å². The average molecular weight is 244 g/mol. The minimum atomic E-state index is -0.583. The molecular formula is C11H11ClFNO2. The van der Waals surface area contributed by atoms with Gasteiger partial charge in [-0.05, 0) is 17.7 Å². The molecule has 0 spiro atoms. The van der Waals surface area contributed by atoms with Crippen molar-refractivity contribution in [1.29, 1.82) is 0 Å². The van der Waals surface area contributed by atoms with Crippen LogP contribution < -0.4 is 0 Å². The van der Waals surface area contributed by atoms with E-state index in [9.17, 15) is 14.0 Å². The molecule has 0 aliphatic carbocycles. The van der Waals surface area contributed by atoms with Gasteiger partial charge in [0.15, 0.2) is 0 Å². The van der Waals surface area contributed by atoms with Gasteiger partial charge >= 0.3 is 0 Å². The first-order valence-corrected chi connectivity index (χ1v) is 4.99. The van der Waals surface area contributed by atoms with Crippen molar-refractivity contribution in [2.24, 2.45) is 0 Å². The summed E-state index contributed by atoms with van der Waals surface area (Å²) in [5, 5.41) is 0.00109. The Hall–Kier alpha value is -1.42. The van der Waals surface area contributed by atoms with Crippen LogP contribution in [0, 0.1) is 5.82 Å². The molecule has 1 aromatic carbocycles. The maximum atomic E-state index is 12.9. The second-order valence-electron chi connectivity index (χ2n) is 3.47. The monoisotopic (exact) mass is 243 g/mol. The van der Waals surface area contributed by atoms with E-state index in [4.69, 9.17) is 11.6 Å². The van der Waals surface area contributed by atoms with Crippen LogP contribution in [0.5, 0.6) is 0 Å². The number of nitrogens with zero attached hydrogens (tertiary/aromatic N) is 1. The van der Waals surface area contributed by atoms with E-state index in [1.807, 2.05) is 0 Å². The maximum absolute atomic E-state index is 12.9. The topological polar surface area (TPSA) is 37.4 Å². The largest absolute Gasteiger partial charge is 0.335 e. The van der Waals surface area contributed by atoms with Crippen LogP contribution in [0.3, 0.4) is 0 Å². The first-order valence-electron chi connectivity index (χ1n) is 4.61. The quantitative estimate of drug-likeness (QED) is 0.762. The van der Waals surface area contributed by atoms with E-state index in [1.54, 1.807) is 0 Å². The second kappa shape index (κ2) is 5.07. The summed E-state index contributed by atoms with van der Waals surface area (Å²) >= 11 is 5.59. The number of carbonyl (C=O) groups excluding carboxylic acids is 2. The number of hydrogen-bond donors (Lipinski definition) is 0. The van der Waals surface area contributed by atoms with Crippen molar-refractivity contribution < 1.29 is 14.0 Å². The molecule has 86 valence electrons. The van der Waals surface area contributed by atoms with Crippen molar-refractivity contribution in [1.82, 2.24) is 4.90 Å². The molecule has 0 atom stereocenters. The Labute approximate surface area is 97.8 Å². The van der Waals surface area contributed by atoms with E-state index in [1.165, 1.54) is 37.1 Å². The number of Topliss-reactive ketones (excluding diaryl/α,β-unsaturated/α-hetero) is 1. The van der Waals surface area contributed by atoms with Crippen LogP contribution in [0.2, 0.25) is 5.02 Å². The first-order chi connectivity index (χ1) is 7.41. The lowest BCUT2D eigenvalue weighted by Gasteiger charge is -2.15. The minimum absolute atomic E-state index is 0.00109. The number of hydrogen-bond acceptors (Lipinski definition) is 2. The number of amides is 1. The van der Waals surface area contributed by atoms with E-state index < -0.39 is 17.5 Å². The molecular weight excluding hydrogens is 233 g/mol. The second-order valence-corrected chi connectivity index (χ2v) is 3.87. The first kappa shape index (κ1) is 12.6. The Kier molecular flexibility index (Phi) is 4.01. The number of halogens is 2. The third kappa shape index (κ3) is 3.03. The van der Waals surface area contributed by atoms with Crippen molar-refractivity contribution in [3.63, 3.8) is 0 Å². The van der Waals surface area contributed by atoms with Gasteiger partial charge in [-0.25, -0.2) is 4.39 Å². The lowest BCUT2D eigenvalue weighted by molar-refractivity contribution is -0.143. The molecule has 0 radical (unpaired) electrons. The van der Waals surface area contributed by atoms with E-state index in [0.29, 0.717) is 5.56 Å². The van der Waals surface area contributed by atoms with Gasteiger partial charge in [0.25, 0.3) is 5.91 Å². The summed E-state index contributed by atoms with van der Waals surface area (Å²) in [6.45, 7) is 1.43. The highest BCUT2D eigenvalue weighted by atomic mass is 35.5. The molecule has 0 aliphatic rings. The van der Waals surface area contributed by atoms with Crippen LogP contribution in [-0.2, 0) is 16.1 Å². The Morgan fingerprint density at radius 1 is 1.44 bits per heavy atom. The van der Waals surface area contributed by atoms with Gasteiger partial charge in [0.05, 0.1) is 5.02 Å². The Balaban J connectivity index is 2.77. The van der Waals surface area contributed by atoms with Crippen LogP contribution >= 0.6 is 11.6 Å². The van der Waals surface area contributed by atoms with Crippen LogP contribution in [0.4, 0.5) is 4.39 Å². The summed E-state index contributed by atoms with van der Waals surface area (Å²) in [6, 6.07) is 4.18. The minimum Gasteiger partial charge on any atom is -0.335 e. The van der Waals surface area contributed by atoms with Crippen LogP contribution in [0.25, 0.3) is 0 Å². The molecule has 0 fully saturated rings. The number of carbonyl (C=O) groups is 2. The summed E-state index contributed by atoms with van der Waals surface area (Å²) in [6.07, 6.45) is 0. The summed E-state index contributed by atoms with van der Waals surface area (Å²) in [7, 11) is 1.50. The molecule has 1 aromatic rings. The predicted molar refractivity (Wildman–Crippen MR) is 58.6 cm³/mol. The molecule has 5 heteroatoms. The van der Waals surface area contributed by atoms with Crippen LogP contribution in [0.15, 0.2) is 18.2 Å². The molecule has 0 saturated heterocycles. The highest BCUT2D eigenvalue weighted by Crippen LogP contribution is 2.16. The SMILES string of the molecule is CC(=O)C(=O)N(C)Cc1ccc(F)c(Cl)c1. The number of rotatable bonds is 3. The zero-order valence-electron chi connectivity index (χ0n) is 8.96. The Morgan fingerprint density at radius 3 is 2.56 bits per heavy atom. The van der Waals surface area contributed by atoms with Gasteiger partial charge in [0.2, 0.25) is 5.78 Å². The molecule has 0 N–H and O–H groups in total. The maximum Gasteiger partial charge on any atom is 0.289 e. The standard InChI is InChI=1S/C11H11ClFNO2/c1-7(15)11(16)14(2)6-8-3-4-10(13)9(12)5-8/h3-5H,6H2,1-2H3. The van der Waals surface area contributed by atoms with Crippen molar-refractivity contribution in [2.75, 3.05) is 7.05 Å². The zero-order valence-corrected chi connectivity index (χ0v) is 9.71. The molecule has 0 saturated carbocycles. The molecule has 1 rings (SSSR count). The lowest BCUT2D eigenvalue weighted by atomic mass is 10.2. The van der Waals surface area contributed by atoms with Gasteiger partial charge in [-0.1, -0.05) is 17.7 Å². The number of benzene rings is 1. The number of ketones is 1. The molecule has 0 heterocycles. The molecule has 1 amide bonds. The van der Waals surface area contributed by atoms with Crippen molar-refractivity contribution in [3.8, 4) is 0 Å². The van der Waals surface area contributed by atoms with Crippen LogP contribution in [0.1, 0.15) is 12.5 Å². The molecule has 3 nitrogen and oxygen atoms in total. The van der Waals surface area contributed by atoms with Gasteiger partial charge in [-0.15, -0.1) is 0 Å².